The monoisotopic (exact) mass is 340 g/mol. The first-order valence-electron chi connectivity index (χ1n) is 6.57. The van der Waals surface area contributed by atoms with Crippen molar-refractivity contribution in [2.24, 2.45) is 4.40 Å². The summed E-state index contributed by atoms with van der Waals surface area (Å²) in [6, 6.07) is 1.55. The van der Waals surface area contributed by atoms with Gasteiger partial charge in [-0.1, -0.05) is 0 Å². The van der Waals surface area contributed by atoms with Crippen molar-refractivity contribution in [1.82, 2.24) is 4.90 Å². The molecule has 124 valence electrons. The summed E-state index contributed by atoms with van der Waals surface area (Å²) in [7, 11) is -0.943. The average molecular weight is 340 g/mol. The van der Waals surface area contributed by atoms with E-state index in [1.54, 1.807) is 21.0 Å². The number of aromatic carboxylic acids is 1. The lowest BCUT2D eigenvalue weighted by Crippen LogP contribution is -2.37. The summed E-state index contributed by atoms with van der Waals surface area (Å²) in [5.74, 6) is -1.70. The van der Waals surface area contributed by atoms with Crippen LogP contribution in [0.2, 0.25) is 0 Å². The number of nitrogens with zero attached hydrogens (tertiary/aromatic N) is 2. The van der Waals surface area contributed by atoms with E-state index in [1.165, 1.54) is 11.0 Å². The van der Waals surface area contributed by atoms with Crippen molar-refractivity contribution in [1.29, 1.82) is 0 Å². The van der Waals surface area contributed by atoms with E-state index in [0.29, 0.717) is 0 Å². The van der Waals surface area contributed by atoms with Gasteiger partial charge in [0.25, 0.3) is 10.0 Å². The molecule has 0 radical (unpaired) electrons. The van der Waals surface area contributed by atoms with Gasteiger partial charge in [0.2, 0.25) is 5.91 Å². The standard InChI is InChI=1S/C13H16N4O5S/c1-7-12(18)16-9-4-8(13(19)20)5-10(11(9)15-7)23(21,22)14-6-17(2)3/h4-7,15H,1-3H3,(H,16,18)(H,19,20)/t7-/m0/s1. The Morgan fingerprint density at radius 2 is 2.04 bits per heavy atom. The minimum atomic E-state index is -4.14. The van der Waals surface area contributed by atoms with E-state index in [1.807, 2.05) is 0 Å². The number of carboxylic acids is 1. The van der Waals surface area contributed by atoms with Crippen LogP contribution in [-0.2, 0) is 14.8 Å². The number of anilines is 2. The zero-order valence-electron chi connectivity index (χ0n) is 12.7. The second-order valence-electron chi connectivity index (χ2n) is 5.22. The maximum Gasteiger partial charge on any atom is 0.335 e. The van der Waals surface area contributed by atoms with Gasteiger partial charge in [-0.05, 0) is 19.1 Å². The lowest BCUT2D eigenvalue weighted by Gasteiger charge is -2.26. The summed E-state index contributed by atoms with van der Waals surface area (Å²) in [5, 5.41) is 14.4. The Morgan fingerprint density at radius 1 is 1.39 bits per heavy atom. The van der Waals surface area contributed by atoms with Gasteiger partial charge in [0.15, 0.2) is 0 Å². The lowest BCUT2D eigenvalue weighted by atomic mass is 10.1. The van der Waals surface area contributed by atoms with E-state index < -0.39 is 22.0 Å². The van der Waals surface area contributed by atoms with Crippen LogP contribution in [0.1, 0.15) is 17.3 Å². The van der Waals surface area contributed by atoms with Crippen molar-refractivity contribution in [3.05, 3.63) is 17.7 Å². The molecule has 1 heterocycles. The van der Waals surface area contributed by atoms with Crippen LogP contribution in [0.3, 0.4) is 0 Å². The fourth-order valence-corrected chi connectivity index (χ4v) is 3.05. The number of carbonyl (C=O) groups is 2. The third-order valence-electron chi connectivity index (χ3n) is 3.06. The van der Waals surface area contributed by atoms with Crippen LogP contribution < -0.4 is 10.6 Å². The van der Waals surface area contributed by atoms with Gasteiger partial charge in [0, 0.05) is 14.1 Å². The molecule has 10 heteroatoms. The van der Waals surface area contributed by atoms with Crippen LogP contribution in [0.25, 0.3) is 0 Å². The number of hydrogen-bond acceptors (Lipinski definition) is 5. The van der Waals surface area contributed by atoms with Gasteiger partial charge >= 0.3 is 5.97 Å². The molecule has 0 aliphatic carbocycles. The summed E-state index contributed by atoms with van der Waals surface area (Å²) in [4.78, 5) is 24.0. The third-order valence-corrected chi connectivity index (χ3v) is 4.31. The minimum Gasteiger partial charge on any atom is -0.478 e. The Hall–Kier alpha value is -2.62. The maximum atomic E-state index is 12.4. The van der Waals surface area contributed by atoms with Crippen molar-refractivity contribution >= 4 is 39.6 Å². The molecular weight excluding hydrogens is 324 g/mol. The van der Waals surface area contributed by atoms with Gasteiger partial charge in [-0.25, -0.2) is 4.79 Å². The molecule has 23 heavy (non-hydrogen) atoms. The molecule has 1 aliphatic heterocycles. The number of carbonyl (C=O) groups excluding carboxylic acids is 1. The van der Waals surface area contributed by atoms with Crippen molar-refractivity contribution in [3.8, 4) is 0 Å². The first kappa shape index (κ1) is 16.7. The first-order chi connectivity index (χ1) is 10.6. The summed E-state index contributed by atoms with van der Waals surface area (Å²) in [5.41, 5.74) is -0.0522. The zero-order valence-corrected chi connectivity index (χ0v) is 13.5. The molecule has 0 bridgehead atoms. The zero-order chi connectivity index (χ0) is 17.4. The van der Waals surface area contributed by atoms with Gasteiger partial charge < -0.3 is 20.6 Å². The van der Waals surface area contributed by atoms with E-state index in [2.05, 4.69) is 15.0 Å². The van der Waals surface area contributed by atoms with Gasteiger partial charge in [-0.15, -0.1) is 4.40 Å². The first-order valence-corrected chi connectivity index (χ1v) is 8.01. The summed E-state index contributed by atoms with van der Waals surface area (Å²) >= 11 is 0. The molecule has 1 amide bonds. The van der Waals surface area contributed by atoms with Crippen LogP contribution in [0.5, 0.6) is 0 Å². The molecule has 0 saturated heterocycles. The summed E-state index contributed by atoms with van der Waals surface area (Å²) in [6.45, 7) is 1.56. The molecule has 1 atom stereocenters. The number of benzene rings is 1. The molecule has 2 rings (SSSR count). The maximum absolute atomic E-state index is 12.4. The molecule has 0 fully saturated rings. The second-order valence-corrected chi connectivity index (χ2v) is 6.82. The van der Waals surface area contributed by atoms with Crippen molar-refractivity contribution in [2.45, 2.75) is 17.9 Å². The predicted octanol–water partition coefficient (Wildman–Crippen LogP) is 0.416. The highest BCUT2D eigenvalue weighted by Crippen LogP contribution is 2.35. The number of rotatable bonds is 4. The van der Waals surface area contributed by atoms with E-state index in [-0.39, 0.29) is 27.7 Å². The fraction of sp³-hybridized carbons (Fsp3) is 0.308. The largest absolute Gasteiger partial charge is 0.478 e. The van der Waals surface area contributed by atoms with Gasteiger partial charge in [0.05, 0.1) is 16.9 Å². The molecular formula is C13H16N4O5S. The third kappa shape index (κ3) is 3.42. The molecule has 9 nitrogen and oxygen atoms in total. The molecule has 3 N–H and O–H groups in total. The molecule has 1 aromatic rings. The Labute approximate surface area is 133 Å². The highest BCUT2D eigenvalue weighted by molar-refractivity contribution is 7.90. The van der Waals surface area contributed by atoms with Crippen LogP contribution in [0.4, 0.5) is 11.4 Å². The van der Waals surface area contributed by atoms with Crippen molar-refractivity contribution < 1.29 is 23.1 Å². The van der Waals surface area contributed by atoms with E-state index in [4.69, 9.17) is 5.11 Å². The molecule has 1 aromatic carbocycles. The highest BCUT2D eigenvalue weighted by atomic mass is 32.2. The highest BCUT2D eigenvalue weighted by Gasteiger charge is 2.30. The number of nitrogens with one attached hydrogen (secondary N) is 2. The Balaban J connectivity index is 2.67. The van der Waals surface area contributed by atoms with E-state index in [9.17, 15) is 18.0 Å². The average Bonchev–Trinajstić information content (AvgIpc) is 2.45. The number of carboxylic acid groups (broad SMARTS) is 1. The van der Waals surface area contributed by atoms with Crippen molar-refractivity contribution in [2.75, 3.05) is 24.7 Å². The SMILES string of the molecule is C[C@@H]1Nc2c(cc(C(=O)O)cc2S(=O)(=O)N=CN(C)C)NC1=O. The summed E-state index contributed by atoms with van der Waals surface area (Å²) in [6.07, 6.45) is 1.10. The minimum absolute atomic E-state index is 0.0895. The molecule has 1 aliphatic rings. The van der Waals surface area contributed by atoms with Crippen molar-refractivity contribution in [3.63, 3.8) is 0 Å². The van der Waals surface area contributed by atoms with Gasteiger partial charge in [0.1, 0.15) is 17.3 Å². The van der Waals surface area contributed by atoms with Crippen LogP contribution in [-0.4, -0.2) is 56.8 Å². The number of sulfonamides is 1. The number of amides is 1. The molecule has 0 unspecified atom stereocenters. The number of hydrogen-bond donors (Lipinski definition) is 3. The topological polar surface area (TPSA) is 128 Å². The Morgan fingerprint density at radius 3 is 2.61 bits per heavy atom. The predicted molar refractivity (Wildman–Crippen MR) is 84.5 cm³/mol. The van der Waals surface area contributed by atoms with Crippen LogP contribution in [0, 0.1) is 0 Å². The van der Waals surface area contributed by atoms with E-state index >= 15 is 0 Å². The Bertz CT molecular complexity index is 801. The molecule has 0 aromatic heterocycles. The second kappa shape index (κ2) is 5.88. The van der Waals surface area contributed by atoms with Gasteiger partial charge in [-0.3, -0.25) is 4.79 Å². The number of fused-ring (bicyclic) bond motifs is 1. The molecule has 0 spiro atoms. The fourth-order valence-electron chi connectivity index (χ4n) is 1.93. The smallest absolute Gasteiger partial charge is 0.335 e. The lowest BCUT2D eigenvalue weighted by molar-refractivity contribution is -0.116. The molecule has 0 saturated carbocycles. The quantitative estimate of drug-likeness (QED) is 0.535. The van der Waals surface area contributed by atoms with Crippen LogP contribution >= 0.6 is 0 Å². The van der Waals surface area contributed by atoms with Gasteiger partial charge in [-0.2, -0.15) is 8.42 Å². The van der Waals surface area contributed by atoms with Crippen LogP contribution in [0.15, 0.2) is 21.4 Å². The van der Waals surface area contributed by atoms with E-state index in [0.717, 1.165) is 12.4 Å². The normalized spacial score (nSPS) is 17.3. The Kier molecular flexibility index (Phi) is 4.28. The summed E-state index contributed by atoms with van der Waals surface area (Å²) < 4.78 is 28.3.